The number of imidazole rings is 1. The Bertz CT molecular complexity index is 922. The number of carbonyl (C=O) groups excluding carboxylic acids is 1. The number of aryl methyl sites for hydroxylation is 2. The van der Waals surface area contributed by atoms with Crippen molar-refractivity contribution in [2.45, 2.75) is 13.8 Å². The summed E-state index contributed by atoms with van der Waals surface area (Å²) in [6.45, 7) is 7.18. The lowest BCUT2D eigenvalue weighted by atomic mass is 10.2. The molecule has 0 spiro atoms. The molecule has 0 radical (unpaired) electrons. The van der Waals surface area contributed by atoms with E-state index in [0.29, 0.717) is 5.69 Å². The first-order chi connectivity index (χ1) is 12.1. The van der Waals surface area contributed by atoms with E-state index in [2.05, 4.69) is 41.1 Å². The number of benzene rings is 1. The van der Waals surface area contributed by atoms with Crippen molar-refractivity contribution in [2.75, 3.05) is 31.1 Å². The molecule has 1 saturated heterocycles. The van der Waals surface area contributed by atoms with E-state index in [1.54, 1.807) is 0 Å². The fraction of sp³-hybridized carbons (Fsp3) is 0.300. The molecule has 1 aliphatic rings. The second kappa shape index (κ2) is 6.24. The van der Waals surface area contributed by atoms with Crippen LogP contribution >= 0.6 is 0 Å². The van der Waals surface area contributed by atoms with Crippen LogP contribution in [0.5, 0.6) is 0 Å². The lowest BCUT2D eigenvalue weighted by molar-refractivity contribution is 0.0739. The van der Waals surface area contributed by atoms with Gasteiger partial charge in [-0.3, -0.25) is 9.20 Å². The van der Waals surface area contributed by atoms with Gasteiger partial charge in [0.25, 0.3) is 5.91 Å². The number of aromatic nitrogens is 2. The Morgan fingerprint density at radius 2 is 1.80 bits per heavy atom. The molecule has 5 heteroatoms. The molecule has 1 fully saturated rings. The number of amides is 1. The second-order valence-electron chi connectivity index (χ2n) is 6.59. The molecule has 0 saturated carbocycles. The Kier molecular flexibility index (Phi) is 3.92. The summed E-state index contributed by atoms with van der Waals surface area (Å²) in [7, 11) is 0. The lowest BCUT2D eigenvalue weighted by Gasteiger charge is -2.36. The van der Waals surface area contributed by atoms with Crippen molar-refractivity contribution in [3.63, 3.8) is 0 Å². The summed E-state index contributed by atoms with van der Waals surface area (Å²) in [5.74, 6) is 0.0695. The Balaban J connectivity index is 1.52. The van der Waals surface area contributed by atoms with Crippen molar-refractivity contribution in [1.29, 1.82) is 0 Å². The van der Waals surface area contributed by atoms with Gasteiger partial charge in [0, 0.05) is 38.1 Å². The molecule has 3 heterocycles. The molecule has 3 aromatic rings. The van der Waals surface area contributed by atoms with Crippen LogP contribution in [-0.2, 0) is 0 Å². The van der Waals surface area contributed by atoms with Crippen LogP contribution < -0.4 is 4.90 Å². The summed E-state index contributed by atoms with van der Waals surface area (Å²) in [5, 5.41) is 0. The monoisotopic (exact) mass is 334 g/mol. The third-order valence-electron chi connectivity index (χ3n) is 4.84. The maximum atomic E-state index is 13.0. The summed E-state index contributed by atoms with van der Waals surface area (Å²) in [4.78, 5) is 21.8. The molecule has 0 atom stereocenters. The average molecular weight is 334 g/mol. The average Bonchev–Trinajstić information content (AvgIpc) is 2.97. The maximum Gasteiger partial charge on any atom is 0.272 e. The highest BCUT2D eigenvalue weighted by Crippen LogP contribution is 2.20. The van der Waals surface area contributed by atoms with Crippen molar-refractivity contribution in [3.8, 4) is 0 Å². The third-order valence-corrected chi connectivity index (χ3v) is 4.84. The van der Waals surface area contributed by atoms with Crippen LogP contribution in [0.1, 0.15) is 21.7 Å². The van der Waals surface area contributed by atoms with Gasteiger partial charge in [-0.2, -0.15) is 0 Å². The summed E-state index contributed by atoms with van der Waals surface area (Å²) in [6.07, 6.45) is 1.91. The van der Waals surface area contributed by atoms with E-state index in [1.807, 2.05) is 40.6 Å². The number of pyridine rings is 1. The van der Waals surface area contributed by atoms with Crippen LogP contribution in [0.25, 0.3) is 5.65 Å². The number of nitrogens with zero attached hydrogens (tertiary/aromatic N) is 4. The van der Waals surface area contributed by atoms with Crippen LogP contribution in [0.15, 0.2) is 48.7 Å². The highest BCUT2D eigenvalue weighted by molar-refractivity contribution is 5.94. The Morgan fingerprint density at radius 1 is 1.00 bits per heavy atom. The summed E-state index contributed by atoms with van der Waals surface area (Å²) < 4.78 is 1.89. The predicted octanol–water partition coefficient (Wildman–Crippen LogP) is 2.91. The molecule has 0 aliphatic carbocycles. The minimum atomic E-state index is 0.0695. The van der Waals surface area contributed by atoms with E-state index >= 15 is 0 Å². The minimum Gasteiger partial charge on any atom is -0.368 e. The zero-order valence-corrected chi connectivity index (χ0v) is 14.6. The molecule has 1 amide bonds. The topological polar surface area (TPSA) is 40.8 Å². The lowest BCUT2D eigenvalue weighted by Crippen LogP contribution is -2.49. The van der Waals surface area contributed by atoms with Gasteiger partial charge in [0.05, 0.1) is 5.69 Å². The molecule has 5 nitrogen and oxygen atoms in total. The number of fused-ring (bicyclic) bond motifs is 1. The summed E-state index contributed by atoms with van der Waals surface area (Å²) >= 11 is 0. The van der Waals surface area contributed by atoms with Crippen molar-refractivity contribution in [2.24, 2.45) is 0 Å². The molecular formula is C20H22N4O. The maximum absolute atomic E-state index is 13.0. The molecule has 2 aromatic heterocycles. The number of rotatable bonds is 2. The van der Waals surface area contributed by atoms with Crippen LogP contribution in [0, 0.1) is 13.8 Å². The van der Waals surface area contributed by atoms with Gasteiger partial charge in [-0.15, -0.1) is 0 Å². The van der Waals surface area contributed by atoms with Gasteiger partial charge in [0.1, 0.15) is 11.3 Å². The quantitative estimate of drug-likeness (QED) is 0.723. The first-order valence-electron chi connectivity index (χ1n) is 8.68. The number of anilines is 1. The molecular weight excluding hydrogens is 312 g/mol. The predicted molar refractivity (Wildman–Crippen MR) is 99.2 cm³/mol. The molecule has 1 aliphatic heterocycles. The van der Waals surface area contributed by atoms with Gasteiger partial charge in [-0.1, -0.05) is 18.2 Å². The summed E-state index contributed by atoms with van der Waals surface area (Å²) in [5.41, 5.74) is 4.79. The van der Waals surface area contributed by atoms with E-state index in [4.69, 9.17) is 0 Å². The van der Waals surface area contributed by atoms with Crippen LogP contribution in [-0.4, -0.2) is 46.4 Å². The van der Waals surface area contributed by atoms with Gasteiger partial charge in [-0.05, 0) is 43.7 Å². The normalized spacial score (nSPS) is 15.0. The Labute approximate surface area is 147 Å². The number of carbonyl (C=O) groups is 1. The first kappa shape index (κ1) is 15.7. The van der Waals surface area contributed by atoms with E-state index in [0.717, 1.165) is 37.5 Å². The van der Waals surface area contributed by atoms with Gasteiger partial charge < -0.3 is 9.80 Å². The minimum absolute atomic E-state index is 0.0695. The third kappa shape index (κ3) is 2.86. The standard InChI is InChI=1S/C20H22N4O/c1-15-6-5-7-17(14-15)22-10-12-23(13-11-22)20(25)19-16(2)21-18-8-3-4-9-24(18)19/h3-9,14H,10-13H2,1-2H3. The zero-order valence-electron chi connectivity index (χ0n) is 14.6. The number of hydrogen-bond donors (Lipinski definition) is 0. The van der Waals surface area contributed by atoms with E-state index < -0.39 is 0 Å². The fourth-order valence-corrected chi connectivity index (χ4v) is 3.51. The van der Waals surface area contributed by atoms with Gasteiger partial charge in [0.15, 0.2) is 0 Å². The zero-order chi connectivity index (χ0) is 17.4. The highest BCUT2D eigenvalue weighted by Gasteiger charge is 2.26. The molecule has 0 N–H and O–H groups in total. The number of piperazine rings is 1. The SMILES string of the molecule is Cc1cccc(N2CCN(C(=O)c3c(C)nc4ccccn34)CC2)c1. The fourth-order valence-electron chi connectivity index (χ4n) is 3.51. The smallest absolute Gasteiger partial charge is 0.272 e. The van der Waals surface area contributed by atoms with E-state index in [-0.39, 0.29) is 5.91 Å². The van der Waals surface area contributed by atoms with Crippen molar-refractivity contribution < 1.29 is 4.79 Å². The summed E-state index contributed by atoms with van der Waals surface area (Å²) in [6, 6.07) is 14.3. The molecule has 128 valence electrons. The molecule has 25 heavy (non-hydrogen) atoms. The van der Waals surface area contributed by atoms with Crippen LogP contribution in [0.2, 0.25) is 0 Å². The molecule has 4 rings (SSSR count). The van der Waals surface area contributed by atoms with E-state index in [9.17, 15) is 4.79 Å². The van der Waals surface area contributed by atoms with Crippen LogP contribution in [0.4, 0.5) is 5.69 Å². The second-order valence-corrected chi connectivity index (χ2v) is 6.59. The molecule has 0 unspecified atom stereocenters. The van der Waals surface area contributed by atoms with Gasteiger partial charge >= 0.3 is 0 Å². The Hall–Kier alpha value is -2.82. The van der Waals surface area contributed by atoms with E-state index in [1.165, 1.54) is 11.3 Å². The van der Waals surface area contributed by atoms with Crippen LogP contribution in [0.3, 0.4) is 0 Å². The van der Waals surface area contributed by atoms with Crippen molar-refractivity contribution in [1.82, 2.24) is 14.3 Å². The van der Waals surface area contributed by atoms with Crippen molar-refractivity contribution in [3.05, 3.63) is 65.6 Å². The molecule has 0 bridgehead atoms. The Morgan fingerprint density at radius 3 is 2.56 bits per heavy atom. The van der Waals surface area contributed by atoms with Crippen molar-refractivity contribution >= 4 is 17.2 Å². The largest absolute Gasteiger partial charge is 0.368 e. The van der Waals surface area contributed by atoms with Gasteiger partial charge in [-0.25, -0.2) is 4.98 Å². The number of hydrogen-bond acceptors (Lipinski definition) is 3. The first-order valence-corrected chi connectivity index (χ1v) is 8.68. The van der Waals surface area contributed by atoms with Gasteiger partial charge in [0.2, 0.25) is 0 Å². The molecule has 1 aromatic carbocycles. The highest BCUT2D eigenvalue weighted by atomic mass is 16.2.